The number of rotatable bonds is 6. The number of benzene rings is 2. The second-order valence-corrected chi connectivity index (χ2v) is 6.91. The van der Waals surface area contributed by atoms with Crippen molar-refractivity contribution in [2.75, 3.05) is 7.11 Å². The van der Waals surface area contributed by atoms with E-state index in [4.69, 9.17) is 27.9 Å². The molecule has 0 radical (unpaired) electrons. The second kappa shape index (κ2) is 8.46. The topological polar surface area (TPSA) is 56.1 Å². The zero-order chi connectivity index (χ0) is 19.4. The molecule has 1 amide bonds. The first kappa shape index (κ1) is 19.3. The zero-order valence-corrected chi connectivity index (χ0v) is 16.5. The van der Waals surface area contributed by atoms with Gasteiger partial charge < -0.3 is 14.6 Å². The van der Waals surface area contributed by atoms with Crippen LogP contribution in [0.4, 0.5) is 0 Å². The minimum absolute atomic E-state index is 0.149. The lowest BCUT2D eigenvalue weighted by Gasteiger charge is -2.20. The van der Waals surface area contributed by atoms with Crippen LogP contribution in [-0.2, 0) is 18.3 Å². The number of hydrogen-bond donors (Lipinski definition) is 1. The molecule has 140 valence electrons. The molecule has 0 saturated heterocycles. The van der Waals surface area contributed by atoms with Crippen LogP contribution in [0.25, 0.3) is 0 Å². The summed E-state index contributed by atoms with van der Waals surface area (Å²) in [5.41, 5.74) is 1.66. The smallest absolute Gasteiger partial charge is 0.225 e. The van der Waals surface area contributed by atoms with E-state index in [9.17, 15) is 4.79 Å². The number of nitrogens with zero attached hydrogens (tertiary/aromatic N) is 2. The molecule has 3 rings (SSSR count). The summed E-state index contributed by atoms with van der Waals surface area (Å²) in [7, 11) is 3.50. The van der Waals surface area contributed by atoms with E-state index in [1.807, 2.05) is 42.1 Å². The standard InChI is InChI=1S/C20H19Cl2N3O2/c1-25-9-8-23-20(25)19(14-4-3-5-15(12-14)27-2)24-18(26)11-13-6-7-16(21)17(22)10-13/h3-10,12,19H,11H2,1-2H3,(H,24,26). The number of carbonyl (C=O) groups is 1. The molecule has 1 N–H and O–H groups in total. The summed E-state index contributed by atoms with van der Waals surface area (Å²) in [6.45, 7) is 0. The highest BCUT2D eigenvalue weighted by atomic mass is 35.5. The van der Waals surface area contributed by atoms with E-state index in [0.29, 0.717) is 15.8 Å². The Morgan fingerprint density at radius 2 is 2.04 bits per heavy atom. The van der Waals surface area contributed by atoms with Crippen LogP contribution in [0.5, 0.6) is 5.75 Å². The fraction of sp³-hybridized carbons (Fsp3) is 0.200. The lowest BCUT2D eigenvalue weighted by molar-refractivity contribution is -0.121. The van der Waals surface area contributed by atoms with E-state index in [-0.39, 0.29) is 12.3 Å². The third-order valence-corrected chi connectivity index (χ3v) is 4.94. The van der Waals surface area contributed by atoms with Gasteiger partial charge in [-0.05, 0) is 35.4 Å². The summed E-state index contributed by atoms with van der Waals surface area (Å²) in [5, 5.41) is 3.94. The molecule has 27 heavy (non-hydrogen) atoms. The van der Waals surface area contributed by atoms with Gasteiger partial charge in [-0.1, -0.05) is 41.4 Å². The van der Waals surface area contributed by atoms with Crippen LogP contribution in [-0.4, -0.2) is 22.6 Å². The van der Waals surface area contributed by atoms with Gasteiger partial charge in [0.2, 0.25) is 5.91 Å². The predicted molar refractivity (Wildman–Crippen MR) is 106 cm³/mol. The van der Waals surface area contributed by atoms with Crippen molar-refractivity contribution in [3.05, 3.63) is 81.9 Å². The normalized spacial score (nSPS) is 11.9. The zero-order valence-electron chi connectivity index (χ0n) is 14.9. The van der Waals surface area contributed by atoms with Gasteiger partial charge in [-0.25, -0.2) is 4.98 Å². The molecule has 3 aromatic rings. The van der Waals surface area contributed by atoms with Gasteiger partial charge in [-0.3, -0.25) is 4.79 Å². The van der Waals surface area contributed by atoms with E-state index in [0.717, 1.165) is 17.0 Å². The van der Waals surface area contributed by atoms with Gasteiger partial charge in [-0.15, -0.1) is 0 Å². The summed E-state index contributed by atoms with van der Waals surface area (Å²) in [6, 6.07) is 12.3. The molecule has 1 aromatic heterocycles. The maximum Gasteiger partial charge on any atom is 0.225 e. The highest BCUT2D eigenvalue weighted by molar-refractivity contribution is 6.42. The number of nitrogens with one attached hydrogen (secondary N) is 1. The van der Waals surface area contributed by atoms with Crippen LogP contribution in [0.3, 0.4) is 0 Å². The molecule has 1 atom stereocenters. The SMILES string of the molecule is COc1cccc(C(NC(=O)Cc2ccc(Cl)c(Cl)c2)c2nccn2C)c1. The third-order valence-electron chi connectivity index (χ3n) is 4.20. The summed E-state index contributed by atoms with van der Waals surface area (Å²) in [6.07, 6.45) is 3.73. The summed E-state index contributed by atoms with van der Waals surface area (Å²) in [5.74, 6) is 1.29. The van der Waals surface area contributed by atoms with Gasteiger partial charge in [0.1, 0.15) is 17.6 Å². The quantitative estimate of drug-likeness (QED) is 0.671. The average molecular weight is 404 g/mol. The Kier molecular flexibility index (Phi) is 6.04. The minimum atomic E-state index is -0.407. The fourth-order valence-corrected chi connectivity index (χ4v) is 3.14. The Balaban J connectivity index is 1.85. The second-order valence-electron chi connectivity index (χ2n) is 6.10. The van der Waals surface area contributed by atoms with Gasteiger partial charge in [0, 0.05) is 19.4 Å². The molecular formula is C20H19Cl2N3O2. The maximum absolute atomic E-state index is 12.7. The van der Waals surface area contributed by atoms with E-state index >= 15 is 0 Å². The average Bonchev–Trinajstić information content (AvgIpc) is 3.08. The van der Waals surface area contributed by atoms with Crippen molar-refractivity contribution in [3.63, 3.8) is 0 Å². The fourth-order valence-electron chi connectivity index (χ4n) is 2.82. The highest BCUT2D eigenvalue weighted by Gasteiger charge is 2.21. The van der Waals surface area contributed by atoms with Gasteiger partial charge in [0.15, 0.2) is 0 Å². The number of methoxy groups -OCH3 is 1. The number of ether oxygens (including phenoxy) is 1. The minimum Gasteiger partial charge on any atom is -0.497 e. The maximum atomic E-state index is 12.7. The molecule has 1 unspecified atom stereocenters. The van der Waals surface area contributed by atoms with E-state index < -0.39 is 6.04 Å². The van der Waals surface area contributed by atoms with Crippen molar-refractivity contribution in [2.45, 2.75) is 12.5 Å². The molecule has 0 fully saturated rings. The highest BCUT2D eigenvalue weighted by Crippen LogP contribution is 2.25. The van der Waals surface area contributed by atoms with Crippen LogP contribution in [0, 0.1) is 0 Å². The molecule has 5 nitrogen and oxygen atoms in total. The van der Waals surface area contributed by atoms with Crippen LogP contribution in [0.1, 0.15) is 23.0 Å². The Hall–Kier alpha value is -2.50. The number of halogens is 2. The largest absolute Gasteiger partial charge is 0.497 e. The molecule has 0 spiro atoms. The molecule has 0 aliphatic heterocycles. The summed E-state index contributed by atoms with van der Waals surface area (Å²) in [4.78, 5) is 17.1. The summed E-state index contributed by atoms with van der Waals surface area (Å²) < 4.78 is 7.19. The number of hydrogen-bond acceptors (Lipinski definition) is 3. The predicted octanol–water partition coefficient (Wildman–Crippen LogP) is 4.18. The first-order valence-electron chi connectivity index (χ1n) is 8.32. The number of amides is 1. The van der Waals surface area contributed by atoms with Gasteiger partial charge in [0.05, 0.1) is 23.6 Å². The van der Waals surface area contributed by atoms with Crippen LogP contribution >= 0.6 is 23.2 Å². The van der Waals surface area contributed by atoms with Crippen molar-refractivity contribution in [2.24, 2.45) is 7.05 Å². The molecule has 7 heteroatoms. The van der Waals surface area contributed by atoms with Gasteiger partial charge in [-0.2, -0.15) is 0 Å². The Morgan fingerprint density at radius 1 is 1.22 bits per heavy atom. The Morgan fingerprint density at radius 3 is 2.70 bits per heavy atom. The molecule has 0 bridgehead atoms. The summed E-state index contributed by atoms with van der Waals surface area (Å²) >= 11 is 12.0. The lowest BCUT2D eigenvalue weighted by atomic mass is 10.0. The molecule has 0 aliphatic rings. The number of carbonyl (C=O) groups excluding carboxylic acids is 1. The van der Waals surface area contributed by atoms with Crippen molar-refractivity contribution in [1.29, 1.82) is 0 Å². The Labute approximate surface area is 167 Å². The van der Waals surface area contributed by atoms with Crippen LogP contribution in [0.15, 0.2) is 54.9 Å². The van der Waals surface area contributed by atoms with E-state index in [1.54, 1.807) is 31.5 Å². The van der Waals surface area contributed by atoms with Crippen molar-refractivity contribution in [3.8, 4) is 5.75 Å². The monoisotopic (exact) mass is 403 g/mol. The first-order chi connectivity index (χ1) is 13.0. The van der Waals surface area contributed by atoms with E-state index in [1.165, 1.54) is 0 Å². The molecule has 0 aliphatic carbocycles. The third kappa shape index (κ3) is 4.62. The van der Waals surface area contributed by atoms with Crippen molar-refractivity contribution >= 4 is 29.1 Å². The van der Waals surface area contributed by atoms with Crippen molar-refractivity contribution < 1.29 is 9.53 Å². The van der Waals surface area contributed by atoms with Crippen molar-refractivity contribution in [1.82, 2.24) is 14.9 Å². The lowest BCUT2D eigenvalue weighted by Crippen LogP contribution is -2.32. The molecular weight excluding hydrogens is 385 g/mol. The Bertz CT molecular complexity index is 956. The molecule has 2 aromatic carbocycles. The van der Waals surface area contributed by atoms with Crippen LogP contribution in [0.2, 0.25) is 10.0 Å². The molecule has 0 saturated carbocycles. The number of imidazole rings is 1. The first-order valence-corrected chi connectivity index (χ1v) is 9.08. The number of aromatic nitrogens is 2. The number of aryl methyl sites for hydroxylation is 1. The van der Waals surface area contributed by atoms with Gasteiger partial charge >= 0.3 is 0 Å². The molecule has 1 heterocycles. The van der Waals surface area contributed by atoms with E-state index in [2.05, 4.69) is 10.3 Å². The van der Waals surface area contributed by atoms with Gasteiger partial charge in [0.25, 0.3) is 0 Å². The van der Waals surface area contributed by atoms with Crippen LogP contribution < -0.4 is 10.1 Å².